The number of carbonyl (C=O) groups is 1. The molecule has 1 aliphatic heterocycles. The number of benzene rings is 1. The summed E-state index contributed by atoms with van der Waals surface area (Å²) in [4.78, 5) is 14.4. The highest BCUT2D eigenvalue weighted by molar-refractivity contribution is 6.01. The van der Waals surface area contributed by atoms with Gasteiger partial charge < -0.3 is 10.6 Å². The molecule has 0 spiro atoms. The van der Waals surface area contributed by atoms with Crippen molar-refractivity contribution in [2.45, 2.75) is 37.6 Å². The summed E-state index contributed by atoms with van der Waals surface area (Å²) in [6.45, 7) is 0.789. The molecule has 98 valence electrons. The van der Waals surface area contributed by atoms with Gasteiger partial charge in [-0.3, -0.25) is 4.79 Å². The van der Waals surface area contributed by atoms with E-state index in [2.05, 4.69) is 6.07 Å². The Hall–Kier alpha value is -1.06. The maximum atomic E-state index is 12.5. The van der Waals surface area contributed by atoms with Crippen LogP contribution in [0.25, 0.3) is 0 Å². The highest BCUT2D eigenvalue weighted by Gasteiger charge is 2.41. The van der Waals surface area contributed by atoms with Gasteiger partial charge in [0.05, 0.1) is 5.54 Å². The number of hydrogen-bond acceptors (Lipinski definition) is 2. The molecule has 1 amide bonds. The first-order valence-corrected chi connectivity index (χ1v) is 6.39. The fraction of sp³-hybridized carbons (Fsp3) is 0.500. The van der Waals surface area contributed by atoms with Gasteiger partial charge in [-0.25, -0.2) is 0 Å². The first-order chi connectivity index (χ1) is 8.21. The second-order valence-corrected chi connectivity index (χ2v) is 5.20. The summed E-state index contributed by atoms with van der Waals surface area (Å²) in [6, 6.07) is 8.14. The van der Waals surface area contributed by atoms with Crippen molar-refractivity contribution in [2.24, 2.45) is 5.73 Å². The lowest BCUT2D eigenvalue weighted by Crippen LogP contribution is -2.53. The number of anilines is 1. The average molecular weight is 267 g/mol. The molecule has 1 fully saturated rings. The van der Waals surface area contributed by atoms with Crippen LogP contribution in [0.1, 0.15) is 31.2 Å². The molecule has 18 heavy (non-hydrogen) atoms. The molecule has 1 saturated carbocycles. The largest absolute Gasteiger partial charge is 0.317 e. The molecule has 1 aromatic carbocycles. The van der Waals surface area contributed by atoms with E-state index in [1.807, 2.05) is 23.1 Å². The monoisotopic (exact) mass is 266 g/mol. The van der Waals surface area contributed by atoms with Gasteiger partial charge in [-0.1, -0.05) is 31.0 Å². The Morgan fingerprint density at radius 1 is 1.22 bits per heavy atom. The Morgan fingerprint density at radius 2 is 1.89 bits per heavy atom. The quantitative estimate of drug-likeness (QED) is 0.848. The summed E-state index contributed by atoms with van der Waals surface area (Å²) in [7, 11) is 0. The van der Waals surface area contributed by atoms with E-state index in [0.717, 1.165) is 44.3 Å². The molecule has 2 N–H and O–H groups in total. The Labute approximate surface area is 114 Å². The number of hydrogen-bond donors (Lipinski definition) is 1. The second kappa shape index (κ2) is 4.90. The normalized spacial score (nSPS) is 20.4. The van der Waals surface area contributed by atoms with Crippen LogP contribution < -0.4 is 10.6 Å². The van der Waals surface area contributed by atoms with E-state index in [1.165, 1.54) is 5.56 Å². The van der Waals surface area contributed by atoms with Crippen molar-refractivity contribution in [3.05, 3.63) is 29.8 Å². The molecule has 3 nitrogen and oxygen atoms in total. The molecule has 4 heteroatoms. The van der Waals surface area contributed by atoms with Gasteiger partial charge in [-0.2, -0.15) is 0 Å². The van der Waals surface area contributed by atoms with Crippen molar-refractivity contribution < 1.29 is 4.79 Å². The van der Waals surface area contributed by atoms with E-state index in [1.54, 1.807) is 0 Å². The molecule has 0 atom stereocenters. The fourth-order valence-electron chi connectivity index (χ4n) is 3.04. The van der Waals surface area contributed by atoms with Crippen molar-refractivity contribution in [1.82, 2.24) is 0 Å². The molecule has 1 heterocycles. The maximum Gasteiger partial charge on any atom is 0.247 e. The van der Waals surface area contributed by atoms with Crippen molar-refractivity contribution >= 4 is 24.0 Å². The zero-order chi connectivity index (χ0) is 11.9. The minimum atomic E-state index is -0.600. The van der Waals surface area contributed by atoms with Gasteiger partial charge in [0.1, 0.15) is 0 Å². The van der Waals surface area contributed by atoms with Crippen LogP contribution >= 0.6 is 12.4 Å². The standard InChI is InChI=1S/C14H18N2O.ClH/c15-14(8-3-4-9-14)13(17)16-10-7-11-5-1-2-6-12(11)16;/h1-2,5-6H,3-4,7-10,15H2;1H. The summed E-state index contributed by atoms with van der Waals surface area (Å²) >= 11 is 0. The third-order valence-electron chi connectivity index (χ3n) is 4.05. The van der Waals surface area contributed by atoms with Gasteiger partial charge in [-0.05, 0) is 30.9 Å². The molecular weight excluding hydrogens is 248 g/mol. The minimum absolute atomic E-state index is 0. The predicted octanol–water partition coefficient (Wildman–Crippen LogP) is 2.27. The number of rotatable bonds is 1. The Kier molecular flexibility index (Phi) is 3.64. The highest BCUT2D eigenvalue weighted by Crippen LogP contribution is 2.34. The lowest BCUT2D eigenvalue weighted by atomic mass is 9.97. The van der Waals surface area contributed by atoms with Crippen LogP contribution in [0.5, 0.6) is 0 Å². The van der Waals surface area contributed by atoms with Crippen LogP contribution in [0.4, 0.5) is 5.69 Å². The minimum Gasteiger partial charge on any atom is -0.317 e. The van der Waals surface area contributed by atoms with Gasteiger partial charge in [0, 0.05) is 12.2 Å². The first kappa shape index (κ1) is 13.4. The molecule has 1 aliphatic carbocycles. The van der Waals surface area contributed by atoms with Gasteiger partial charge in [-0.15, -0.1) is 12.4 Å². The molecule has 0 aromatic heterocycles. The van der Waals surface area contributed by atoms with E-state index in [0.29, 0.717) is 0 Å². The van der Waals surface area contributed by atoms with Crippen molar-refractivity contribution in [3.8, 4) is 0 Å². The summed E-state index contributed by atoms with van der Waals surface area (Å²) in [5, 5.41) is 0. The second-order valence-electron chi connectivity index (χ2n) is 5.20. The van der Waals surface area contributed by atoms with Crippen LogP contribution in [0, 0.1) is 0 Å². The topological polar surface area (TPSA) is 46.3 Å². The summed E-state index contributed by atoms with van der Waals surface area (Å²) in [5.41, 5.74) is 7.98. The number of carbonyl (C=O) groups excluding carboxylic acids is 1. The smallest absolute Gasteiger partial charge is 0.247 e. The van der Waals surface area contributed by atoms with Crippen LogP contribution in [0.15, 0.2) is 24.3 Å². The van der Waals surface area contributed by atoms with E-state index in [-0.39, 0.29) is 18.3 Å². The molecule has 0 radical (unpaired) electrons. The zero-order valence-electron chi connectivity index (χ0n) is 10.4. The van der Waals surface area contributed by atoms with Crippen molar-refractivity contribution in [1.29, 1.82) is 0 Å². The van der Waals surface area contributed by atoms with E-state index >= 15 is 0 Å². The molecule has 0 unspecified atom stereocenters. The van der Waals surface area contributed by atoms with Crippen LogP contribution in [0.2, 0.25) is 0 Å². The van der Waals surface area contributed by atoms with Crippen LogP contribution in [-0.2, 0) is 11.2 Å². The average Bonchev–Trinajstić information content (AvgIpc) is 2.95. The number of halogens is 1. The number of para-hydroxylation sites is 1. The van der Waals surface area contributed by atoms with E-state index in [9.17, 15) is 4.79 Å². The summed E-state index contributed by atoms with van der Waals surface area (Å²) in [5.74, 6) is 0.125. The zero-order valence-corrected chi connectivity index (χ0v) is 11.2. The Balaban J connectivity index is 0.00000120. The Bertz CT molecular complexity index is 455. The Morgan fingerprint density at radius 3 is 2.61 bits per heavy atom. The van der Waals surface area contributed by atoms with Crippen molar-refractivity contribution in [3.63, 3.8) is 0 Å². The van der Waals surface area contributed by atoms with Gasteiger partial charge in [0.15, 0.2) is 0 Å². The molecule has 2 aliphatic rings. The van der Waals surface area contributed by atoms with Gasteiger partial charge in [0.2, 0.25) is 5.91 Å². The van der Waals surface area contributed by atoms with Gasteiger partial charge in [0.25, 0.3) is 0 Å². The summed E-state index contributed by atoms with van der Waals surface area (Å²) < 4.78 is 0. The van der Waals surface area contributed by atoms with Crippen LogP contribution in [0.3, 0.4) is 0 Å². The maximum absolute atomic E-state index is 12.5. The molecule has 1 aromatic rings. The summed E-state index contributed by atoms with van der Waals surface area (Å²) in [6.07, 6.45) is 4.79. The van der Waals surface area contributed by atoms with Crippen molar-refractivity contribution in [2.75, 3.05) is 11.4 Å². The first-order valence-electron chi connectivity index (χ1n) is 6.39. The number of nitrogens with two attached hydrogens (primary N) is 1. The molecule has 0 saturated heterocycles. The lowest BCUT2D eigenvalue weighted by molar-refractivity contribution is -0.123. The lowest BCUT2D eigenvalue weighted by Gasteiger charge is -2.29. The van der Waals surface area contributed by atoms with E-state index in [4.69, 9.17) is 5.73 Å². The van der Waals surface area contributed by atoms with Crippen LogP contribution in [-0.4, -0.2) is 18.0 Å². The number of nitrogens with zero attached hydrogens (tertiary/aromatic N) is 1. The molecular formula is C14H19ClN2O. The third kappa shape index (κ3) is 2.02. The molecule has 3 rings (SSSR count). The SMILES string of the molecule is Cl.NC1(C(=O)N2CCc3ccccc32)CCCC1. The fourth-order valence-corrected chi connectivity index (χ4v) is 3.04. The highest BCUT2D eigenvalue weighted by atomic mass is 35.5. The number of fused-ring (bicyclic) bond motifs is 1. The van der Waals surface area contributed by atoms with E-state index < -0.39 is 5.54 Å². The van der Waals surface area contributed by atoms with Gasteiger partial charge >= 0.3 is 0 Å². The molecule has 0 bridgehead atoms. The predicted molar refractivity (Wildman–Crippen MR) is 75.1 cm³/mol. The number of amides is 1. The third-order valence-corrected chi connectivity index (χ3v) is 4.05.